The van der Waals surface area contributed by atoms with Crippen molar-refractivity contribution in [3.63, 3.8) is 0 Å². The molecule has 0 saturated carbocycles. The fraction of sp³-hybridized carbons (Fsp3) is 0.200. The highest BCUT2D eigenvalue weighted by Crippen LogP contribution is 2.05. The summed E-state index contributed by atoms with van der Waals surface area (Å²) in [5.41, 5.74) is 7.08. The van der Waals surface area contributed by atoms with Crippen molar-refractivity contribution in [1.29, 1.82) is 0 Å². The lowest BCUT2D eigenvalue weighted by atomic mass is 10.2. The van der Waals surface area contributed by atoms with E-state index in [1.165, 1.54) is 6.92 Å². The van der Waals surface area contributed by atoms with E-state index in [2.05, 4.69) is 5.32 Å². The molecule has 0 atom stereocenters. The molecular formula is C15H18N2O2S. The van der Waals surface area contributed by atoms with Crippen LogP contribution >= 0.6 is 11.3 Å². The predicted molar refractivity (Wildman–Crippen MR) is 81.2 cm³/mol. The summed E-state index contributed by atoms with van der Waals surface area (Å²) in [6.07, 6.45) is 0.365. The molecule has 0 aliphatic carbocycles. The van der Waals surface area contributed by atoms with Crippen molar-refractivity contribution in [2.75, 3.05) is 0 Å². The molecule has 5 heteroatoms. The Morgan fingerprint density at radius 3 is 2.35 bits per heavy atom. The number of carbonyl (C=O) groups is 2. The first-order valence-electron chi connectivity index (χ1n) is 6.15. The van der Waals surface area contributed by atoms with Gasteiger partial charge in [0.25, 0.3) is 0 Å². The first-order valence-corrected chi connectivity index (χ1v) is 7.10. The Labute approximate surface area is 122 Å². The first kappa shape index (κ1) is 15.9. The minimum absolute atomic E-state index is 0.00820. The van der Waals surface area contributed by atoms with Crippen LogP contribution in [-0.4, -0.2) is 11.8 Å². The van der Waals surface area contributed by atoms with Crippen LogP contribution in [0.5, 0.6) is 0 Å². The van der Waals surface area contributed by atoms with Gasteiger partial charge in [0.2, 0.25) is 11.8 Å². The van der Waals surface area contributed by atoms with E-state index in [0.29, 0.717) is 13.0 Å². The average molecular weight is 290 g/mol. The van der Waals surface area contributed by atoms with Gasteiger partial charge >= 0.3 is 0 Å². The van der Waals surface area contributed by atoms with Crippen molar-refractivity contribution in [3.8, 4) is 0 Å². The van der Waals surface area contributed by atoms with Crippen LogP contribution < -0.4 is 11.1 Å². The number of carbonyl (C=O) groups excluding carboxylic acids is 2. The molecule has 1 aromatic carbocycles. The van der Waals surface area contributed by atoms with Crippen molar-refractivity contribution in [3.05, 3.63) is 58.3 Å². The standard InChI is InChI=1S/C9H11NO.C6H7NOS/c1-8(11)10-7-9-5-3-2-4-6-9;7-6(8)3-5-1-2-9-4-5/h2-6H,7H2,1H3,(H,10,11);1-2,4H,3H2,(H2,7,8). The van der Waals surface area contributed by atoms with Gasteiger partial charge in [-0.2, -0.15) is 11.3 Å². The Bertz CT molecular complexity index is 524. The molecule has 106 valence electrons. The van der Waals surface area contributed by atoms with Crippen LogP contribution in [0.15, 0.2) is 47.2 Å². The molecule has 1 aromatic heterocycles. The maximum Gasteiger partial charge on any atom is 0.221 e. The summed E-state index contributed by atoms with van der Waals surface area (Å²) in [4.78, 5) is 20.8. The van der Waals surface area contributed by atoms with Crippen LogP contribution in [0.1, 0.15) is 18.1 Å². The number of hydrogen-bond acceptors (Lipinski definition) is 3. The third kappa shape index (κ3) is 7.33. The van der Waals surface area contributed by atoms with Gasteiger partial charge in [0.05, 0.1) is 6.42 Å². The first-order chi connectivity index (χ1) is 9.58. The molecule has 0 saturated heterocycles. The largest absolute Gasteiger partial charge is 0.369 e. The minimum atomic E-state index is -0.270. The van der Waals surface area contributed by atoms with Gasteiger partial charge in [0.1, 0.15) is 0 Å². The normalized spacial score (nSPS) is 9.25. The maximum atomic E-state index is 10.5. The third-order valence-electron chi connectivity index (χ3n) is 2.34. The Morgan fingerprint density at radius 2 is 1.85 bits per heavy atom. The number of benzene rings is 1. The third-order valence-corrected chi connectivity index (χ3v) is 3.07. The number of nitrogens with two attached hydrogens (primary N) is 1. The molecular weight excluding hydrogens is 272 g/mol. The molecule has 0 unspecified atom stereocenters. The number of nitrogens with one attached hydrogen (secondary N) is 1. The summed E-state index contributed by atoms with van der Waals surface area (Å²) < 4.78 is 0. The Hall–Kier alpha value is -2.14. The van der Waals surface area contributed by atoms with E-state index in [1.54, 1.807) is 11.3 Å². The molecule has 4 nitrogen and oxygen atoms in total. The van der Waals surface area contributed by atoms with Crippen LogP contribution in [0.2, 0.25) is 0 Å². The van der Waals surface area contributed by atoms with Gasteiger partial charge in [-0.25, -0.2) is 0 Å². The van der Waals surface area contributed by atoms with Gasteiger partial charge in [-0.15, -0.1) is 0 Å². The number of thiophene rings is 1. The fourth-order valence-electron chi connectivity index (χ4n) is 1.42. The lowest BCUT2D eigenvalue weighted by Crippen LogP contribution is -2.18. The van der Waals surface area contributed by atoms with Crippen molar-refractivity contribution in [2.24, 2.45) is 5.73 Å². The number of primary amides is 1. The zero-order valence-electron chi connectivity index (χ0n) is 11.3. The van der Waals surface area contributed by atoms with E-state index in [-0.39, 0.29) is 11.8 Å². The molecule has 0 bridgehead atoms. The van der Waals surface area contributed by atoms with Gasteiger partial charge < -0.3 is 11.1 Å². The Morgan fingerprint density at radius 1 is 1.15 bits per heavy atom. The summed E-state index contributed by atoms with van der Waals surface area (Å²) in [6.45, 7) is 2.14. The van der Waals surface area contributed by atoms with Crippen LogP contribution in [0.3, 0.4) is 0 Å². The van der Waals surface area contributed by atoms with E-state index in [4.69, 9.17) is 5.73 Å². The summed E-state index contributed by atoms with van der Waals surface area (Å²) >= 11 is 1.57. The molecule has 2 aromatic rings. The zero-order chi connectivity index (χ0) is 14.8. The second-order valence-corrected chi connectivity index (χ2v) is 4.95. The van der Waals surface area contributed by atoms with E-state index < -0.39 is 0 Å². The Kier molecular flexibility index (Phi) is 7.06. The van der Waals surface area contributed by atoms with Crippen LogP contribution in [-0.2, 0) is 22.6 Å². The van der Waals surface area contributed by atoms with E-state index in [1.807, 2.05) is 47.2 Å². The molecule has 0 radical (unpaired) electrons. The summed E-state index contributed by atoms with van der Waals surface area (Å²) in [6, 6.07) is 11.7. The highest BCUT2D eigenvalue weighted by molar-refractivity contribution is 7.07. The van der Waals surface area contributed by atoms with Crippen LogP contribution in [0, 0.1) is 0 Å². The van der Waals surface area contributed by atoms with Crippen molar-refractivity contribution in [2.45, 2.75) is 19.9 Å². The smallest absolute Gasteiger partial charge is 0.221 e. The molecule has 2 rings (SSSR count). The predicted octanol–water partition coefficient (Wildman–Crippen LogP) is 2.10. The molecule has 0 spiro atoms. The lowest BCUT2D eigenvalue weighted by Gasteiger charge is -2.00. The van der Waals surface area contributed by atoms with Gasteiger partial charge in [-0.3, -0.25) is 9.59 Å². The molecule has 0 aliphatic heterocycles. The number of rotatable bonds is 4. The van der Waals surface area contributed by atoms with Gasteiger partial charge in [0.15, 0.2) is 0 Å². The van der Waals surface area contributed by atoms with Gasteiger partial charge in [0, 0.05) is 13.5 Å². The molecule has 0 aliphatic rings. The second kappa shape index (κ2) is 8.87. The van der Waals surface area contributed by atoms with E-state index >= 15 is 0 Å². The highest BCUT2D eigenvalue weighted by Gasteiger charge is 1.95. The maximum absolute atomic E-state index is 10.5. The van der Waals surface area contributed by atoms with E-state index in [9.17, 15) is 9.59 Å². The summed E-state index contributed by atoms with van der Waals surface area (Å²) in [5.74, 6) is -0.262. The zero-order valence-corrected chi connectivity index (χ0v) is 12.2. The number of amides is 2. The van der Waals surface area contributed by atoms with Crippen molar-refractivity contribution < 1.29 is 9.59 Å². The Balaban J connectivity index is 0.000000204. The quantitative estimate of drug-likeness (QED) is 0.905. The van der Waals surface area contributed by atoms with Crippen LogP contribution in [0.4, 0.5) is 0 Å². The topological polar surface area (TPSA) is 72.2 Å². The number of hydrogen-bond donors (Lipinski definition) is 2. The fourth-order valence-corrected chi connectivity index (χ4v) is 2.09. The molecule has 0 fully saturated rings. The highest BCUT2D eigenvalue weighted by atomic mass is 32.1. The molecule has 3 N–H and O–H groups in total. The van der Waals surface area contributed by atoms with Crippen LogP contribution in [0.25, 0.3) is 0 Å². The van der Waals surface area contributed by atoms with Gasteiger partial charge in [-0.05, 0) is 28.0 Å². The summed E-state index contributed by atoms with van der Waals surface area (Å²) in [5, 5.41) is 6.57. The van der Waals surface area contributed by atoms with Crippen molar-refractivity contribution >= 4 is 23.2 Å². The SMILES string of the molecule is CC(=O)NCc1ccccc1.NC(=O)Cc1ccsc1. The average Bonchev–Trinajstić information content (AvgIpc) is 2.90. The molecule has 2 amide bonds. The summed E-state index contributed by atoms with van der Waals surface area (Å²) in [7, 11) is 0. The second-order valence-electron chi connectivity index (χ2n) is 4.17. The minimum Gasteiger partial charge on any atom is -0.369 e. The van der Waals surface area contributed by atoms with Crippen molar-refractivity contribution in [1.82, 2.24) is 5.32 Å². The lowest BCUT2D eigenvalue weighted by molar-refractivity contribution is -0.119. The monoisotopic (exact) mass is 290 g/mol. The molecule has 1 heterocycles. The van der Waals surface area contributed by atoms with Gasteiger partial charge in [-0.1, -0.05) is 30.3 Å². The van der Waals surface area contributed by atoms with E-state index in [0.717, 1.165) is 11.1 Å². The molecule has 20 heavy (non-hydrogen) atoms.